The van der Waals surface area contributed by atoms with Gasteiger partial charge in [-0.25, -0.2) is 12.7 Å². The quantitative estimate of drug-likeness (QED) is 0.718. The van der Waals surface area contributed by atoms with Crippen LogP contribution in [-0.4, -0.2) is 60.2 Å². The van der Waals surface area contributed by atoms with Gasteiger partial charge in [0.15, 0.2) is 0 Å². The molecule has 29 heavy (non-hydrogen) atoms. The molecule has 0 N–H and O–H groups in total. The Labute approximate surface area is 173 Å². The number of aryl methyl sites for hydroxylation is 1. The van der Waals surface area contributed by atoms with Crippen LogP contribution in [0.15, 0.2) is 30.3 Å². The van der Waals surface area contributed by atoms with Gasteiger partial charge in [-0.15, -0.1) is 0 Å². The van der Waals surface area contributed by atoms with Crippen LogP contribution in [0.1, 0.15) is 35.9 Å². The van der Waals surface area contributed by atoms with Gasteiger partial charge in [0, 0.05) is 50.4 Å². The Kier molecular flexibility index (Phi) is 6.34. The van der Waals surface area contributed by atoms with Crippen LogP contribution in [0.5, 0.6) is 0 Å². The van der Waals surface area contributed by atoms with Gasteiger partial charge >= 0.3 is 0 Å². The monoisotopic (exact) mass is 418 g/mol. The third-order valence-corrected chi connectivity index (χ3v) is 7.64. The molecule has 1 aromatic carbocycles. The maximum absolute atomic E-state index is 12.9. The predicted molar refractivity (Wildman–Crippen MR) is 112 cm³/mol. The summed E-state index contributed by atoms with van der Waals surface area (Å²) in [5, 5.41) is 4.82. The number of fused-ring (bicyclic) bond motifs is 1. The summed E-state index contributed by atoms with van der Waals surface area (Å²) in [6, 6.07) is 9.42. The number of aromatic nitrogens is 2. The SMILES string of the molecule is CCn1nc(CN2CCCN(S(=O)(=O)Cc3ccccc3)CC2)c2c1CCOC2. The van der Waals surface area contributed by atoms with E-state index in [-0.39, 0.29) is 5.75 Å². The zero-order valence-electron chi connectivity index (χ0n) is 17.1. The van der Waals surface area contributed by atoms with Gasteiger partial charge in [-0.1, -0.05) is 30.3 Å². The van der Waals surface area contributed by atoms with Crippen LogP contribution in [0.4, 0.5) is 0 Å². The predicted octanol–water partition coefficient (Wildman–Crippen LogP) is 2.01. The van der Waals surface area contributed by atoms with Crippen molar-refractivity contribution in [1.29, 1.82) is 0 Å². The Morgan fingerprint density at radius 1 is 1.10 bits per heavy atom. The van der Waals surface area contributed by atoms with Crippen molar-refractivity contribution < 1.29 is 13.2 Å². The molecule has 1 saturated heterocycles. The molecule has 4 rings (SSSR count). The van der Waals surface area contributed by atoms with Gasteiger partial charge in [-0.2, -0.15) is 5.10 Å². The highest BCUT2D eigenvalue weighted by Gasteiger charge is 2.27. The van der Waals surface area contributed by atoms with Crippen molar-refractivity contribution in [3.63, 3.8) is 0 Å². The Balaban J connectivity index is 1.41. The second kappa shape index (κ2) is 8.95. The molecule has 0 atom stereocenters. The average Bonchev–Trinajstić information content (AvgIpc) is 2.90. The van der Waals surface area contributed by atoms with E-state index in [9.17, 15) is 8.42 Å². The van der Waals surface area contributed by atoms with Gasteiger partial charge in [0.25, 0.3) is 0 Å². The van der Waals surface area contributed by atoms with E-state index in [0.717, 1.165) is 56.9 Å². The summed E-state index contributed by atoms with van der Waals surface area (Å²) in [5.41, 5.74) is 4.46. The van der Waals surface area contributed by atoms with Crippen LogP contribution in [0.25, 0.3) is 0 Å². The van der Waals surface area contributed by atoms with Gasteiger partial charge in [0.2, 0.25) is 10.0 Å². The van der Waals surface area contributed by atoms with Crippen LogP contribution in [0.2, 0.25) is 0 Å². The Hall–Kier alpha value is -1.74. The molecule has 2 aromatic rings. The molecule has 0 saturated carbocycles. The number of benzene rings is 1. The molecule has 0 bridgehead atoms. The summed E-state index contributed by atoms with van der Waals surface area (Å²) < 4.78 is 35.2. The van der Waals surface area contributed by atoms with Gasteiger partial charge < -0.3 is 4.74 Å². The molecule has 7 nitrogen and oxygen atoms in total. The highest BCUT2D eigenvalue weighted by Crippen LogP contribution is 2.23. The zero-order chi connectivity index (χ0) is 20.3. The largest absolute Gasteiger partial charge is 0.376 e. The molecule has 0 radical (unpaired) electrons. The molecule has 2 aliphatic heterocycles. The van der Waals surface area contributed by atoms with Crippen LogP contribution >= 0.6 is 0 Å². The van der Waals surface area contributed by atoms with E-state index < -0.39 is 10.0 Å². The summed E-state index contributed by atoms with van der Waals surface area (Å²) in [4.78, 5) is 2.33. The van der Waals surface area contributed by atoms with Crippen molar-refractivity contribution in [2.24, 2.45) is 0 Å². The summed E-state index contributed by atoms with van der Waals surface area (Å²) >= 11 is 0. The third kappa shape index (κ3) is 4.71. The molecular formula is C21H30N4O3S. The molecule has 0 spiro atoms. The molecule has 1 aromatic heterocycles. The van der Waals surface area contributed by atoms with Crippen molar-refractivity contribution in [3.05, 3.63) is 52.8 Å². The fourth-order valence-corrected chi connectivity index (χ4v) is 5.80. The summed E-state index contributed by atoms with van der Waals surface area (Å²) in [5.74, 6) is 0.0690. The average molecular weight is 419 g/mol. The minimum absolute atomic E-state index is 0.0690. The van der Waals surface area contributed by atoms with Crippen LogP contribution in [0.3, 0.4) is 0 Å². The summed E-state index contributed by atoms with van der Waals surface area (Å²) in [6.07, 6.45) is 1.75. The lowest BCUT2D eigenvalue weighted by Gasteiger charge is -2.22. The van der Waals surface area contributed by atoms with E-state index in [1.807, 2.05) is 30.3 Å². The van der Waals surface area contributed by atoms with Crippen LogP contribution < -0.4 is 0 Å². The Morgan fingerprint density at radius 2 is 1.93 bits per heavy atom. The lowest BCUT2D eigenvalue weighted by Crippen LogP contribution is -2.36. The molecule has 3 heterocycles. The molecule has 2 aliphatic rings. The molecule has 1 fully saturated rings. The number of hydrogen-bond acceptors (Lipinski definition) is 5. The highest BCUT2D eigenvalue weighted by atomic mass is 32.2. The molecule has 0 aliphatic carbocycles. The minimum Gasteiger partial charge on any atom is -0.376 e. The highest BCUT2D eigenvalue weighted by molar-refractivity contribution is 7.88. The molecule has 8 heteroatoms. The minimum atomic E-state index is -3.30. The van der Waals surface area contributed by atoms with Crippen molar-refractivity contribution in [2.45, 2.75) is 45.2 Å². The second-order valence-corrected chi connectivity index (χ2v) is 9.73. The van der Waals surface area contributed by atoms with E-state index >= 15 is 0 Å². The first-order valence-electron chi connectivity index (χ1n) is 10.5. The third-order valence-electron chi connectivity index (χ3n) is 5.78. The van der Waals surface area contributed by atoms with Crippen molar-refractivity contribution in [2.75, 3.05) is 32.8 Å². The van der Waals surface area contributed by atoms with Gasteiger partial charge in [-0.05, 0) is 25.5 Å². The van der Waals surface area contributed by atoms with E-state index in [0.29, 0.717) is 19.7 Å². The molecule has 0 amide bonds. The maximum Gasteiger partial charge on any atom is 0.218 e. The van der Waals surface area contributed by atoms with E-state index in [1.165, 1.54) is 11.3 Å². The molecule has 158 valence electrons. The van der Waals surface area contributed by atoms with Crippen LogP contribution in [-0.2, 0) is 46.6 Å². The lowest BCUT2D eigenvalue weighted by atomic mass is 10.1. The Bertz CT molecular complexity index is 927. The summed E-state index contributed by atoms with van der Waals surface area (Å²) in [7, 11) is -3.30. The number of ether oxygens (including phenoxy) is 1. The van der Waals surface area contributed by atoms with E-state index in [2.05, 4.69) is 16.5 Å². The lowest BCUT2D eigenvalue weighted by molar-refractivity contribution is 0.107. The van der Waals surface area contributed by atoms with Gasteiger partial charge in [0.1, 0.15) is 0 Å². The standard InChI is InChI=1S/C21H30N4O3S/c1-2-25-21-9-14-28-16-19(21)20(22-25)15-23-10-6-11-24(13-12-23)29(26,27)17-18-7-4-3-5-8-18/h3-5,7-8H,2,6,9-17H2,1H3. The molecule has 0 unspecified atom stereocenters. The zero-order valence-corrected chi connectivity index (χ0v) is 17.9. The number of hydrogen-bond donors (Lipinski definition) is 0. The van der Waals surface area contributed by atoms with Crippen LogP contribution in [0, 0.1) is 0 Å². The molecular weight excluding hydrogens is 388 g/mol. The smallest absolute Gasteiger partial charge is 0.218 e. The van der Waals surface area contributed by atoms with E-state index in [4.69, 9.17) is 9.84 Å². The second-order valence-electron chi connectivity index (χ2n) is 7.76. The topological polar surface area (TPSA) is 67.7 Å². The fourth-order valence-electron chi connectivity index (χ4n) is 4.24. The van der Waals surface area contributed by atoms with Crippen molar-refractivity contribution in [1.82, 2.24) is 19.0 Å². The fraction of sp³-hybridized carbons (Fsp3) is 0.571. The Morgan fingerprint density at radius 3 is 2.72 bits per heavy atom. The summed E-state index contributed by atoms with van der Waals surface area (Å²) in [6.45, 7) is 7.85. The number of nitrogens with zero attached hydrogens (tertiary/aromatic N) is 4. The normalized spacial score (nSPS) is 19.1. The number of sulfonamides is 1. The maximum atomic E-state index is 12.9. The van der Waals surface area contributed by atoms with Crippen molar-refractivity contribution in [3.8, 4) is 0 Å². The van der Waals surface area contributed by atoms with Gasteiger partial charge in [0.05, 0.1) is 24.7 Å². The van der Waals surface area contributed by atoms with E-state index in [1.54, 1.807) is 4.31 Å². The number of rotatable bonds is 6. The first kappa shape index (κ1) is 20.5. The first-order valence-corrected chi connectivity index (χ1v) is 12.1. The van der Waals surface area contributed by atoms with Crippen molar-refractivity contribution >= 4 is 10.0 Å². The van der Waals surface area contributed by atoms with Gasteiger partial charge in [-0.3, -0.25) is 9.58 Å². The first-order chi connectivity index (χ1) is 14.1.